The van der Waals surface area contributed by atoms with Crippen LogP contribution >= 0.6 is 0 Å². The Morgan fingerprint density at radius 1 is 0.557 bits per heavy atom. The Morgan fingerprint density at radius 2 is 1.02 bits per heavy atom. The number of nitrogens with zero attached hydrogens (tertiary/aromatic N) is 3. The molecule has 0 aliphatic rings. The van der Waals surface area contributed by atoms with Gasteiger partial charge in [-0.1, -0.05) is 183 Å². The number of aromatic nitrogens is 1. The van der Waals surface area contributed by atoms with Crippen molar-refractivity contribution in [3.8, 4) is 28.0 Å². The van der Waals surface area contributed by atoms with E-state index in [1.165, 1.54) is 126 Å². The topological polar surface area (TPSA) is 46.8 Å². The summed E-state index contributed by atoms with van der Waals surface area (Å²) >= 11 is 3.79. The number of unbranched alkanes of at least 4 members (excludes halogenated alkanes) is 17. The van der Waals surface area contributed by atoms with Crippen LogP contribution in [0, 0.1) is 20.8 Å². The van der Waals surface area contributed by atoms with Gasteiger partial charge in [-0.05, 0) is 42.7 Å². The number of rotatable bonds is 25. The van der Waals surface area contributed by atoms with Crippen molar-refractivity contribution in [2.24, 2.45) is 9.98 Å². The third kappa shape index (κ3) is 18.7. The molecule has 0 bridgehead atoms. The van der Waals surface area contributed by atoms with Crippen molar-refractivity contribution in [1.82, 2.24) is 4.98 Å². The summed E-state index contributed by atoms with van der Waals surface area (Å²) in [5.74, 6) is 0.942. The second-order valence-electron chi connectivity index (χ2n) is 16.7. The molecule has 1 aromatic heterocycles. The summed E-state index contributed by atoms with van der Waals surface area (Å²) < 4.78 is 7.55. The van der Waals surface area contributed by atoms with Gasteiger partial charge in [-0.25, -0.2) is 0 Å². The predicted molar refractivity (Wildman–Crippen MR) is 261 cm³/mol. The van der Waals surface area contributed by atoms with Gasteiger partial charge in [-0.3, -0.25) is 9.98 Å². The standard InChI is InChI=1S/C45H60N2O.C11H14N.Fe/c1-3-4-5-6-7-8-9-10-11-12-13-14-15-16-17-18-19-26-34-48-45-43(39-28-22-20-23-29-39)35-42(36-44(45)40-30-24-21-25-31-40)47-38(2)41-32-27-33-46-37-41;1-5-12-11-9(3)6-8(2)7-10(11)4;/h20-25,27-33,35-37H,3-19,26,34H2,1-2H3;6-7H,1-4H3;. The molecular formula is C56H74FeN3O. The number of aryl methyl sites for hydroxylation is 3. The van der Waals surface area contributed by atoms with Crippen molar-refractivity contribution < 1.29 is 20.7 Å². The van der Waals surface area contributed by atoms with E-state index in [1.807, 2.05) is 26.1 Å². The van der Waals surface area contributed by atoms with Crippen molar-refractivity contribution >= 4 is 21.7 Å². The van der Waals surface area contributed by atoms with Crippen molar-refractivity contribution in [2.75, 3.05) is 6.61 Å². The molecule has 0 aliphatic carbocycles. The Hall–Kier alpha value is -4.31. The normalized spacial score (nSPS) is 11.7. The zero-order chi connectivity index (χ0) is 43.5. The number of hydrogen-bond acceptors (Lipinski definition) is 4. The van der Waals surface area contributed by atoms with Crippen LogP contribution in [0.2, 0.25) is 0 Å². The van der Waals surface area contributed by atoms with Crippen LogP contribution in [-0.2, 0) is 16.0 Å². The van der Waals surface area contributed by atoms with Crippen LogP contribution in [0.5, 0.6) is 5.75 Å². The Balaban J connectivity index is 0.000000537. The van der Waals surface area contributed by atoms with Gasteiger partial charge in [0.25, 0.3) is 0 Å². The quantitative estimate of drug-likeness (QED) is 0.0333. The molecule has 0 unspecified atom stereocenters. The number of pyridine rings is 1. The monoisotopic (exact) mass is 861 g/mol. The van der Waals surface area contributed by atoms with Crippen molar-refractivity contribution in [2.45, 2.75) is 157 Å². The van der Waals surface area contributed by atoms with Crippen LogP contribution in [0.15, 0.2) is 119 Å². The molecule has 0 radical (unpaired) electrons. The molecule has 1 heterocycles. The first kappa shape index (κ1) is 49.3. The third-order valence-electron chi connectivity index (χ3n) is 11.3. The number of benzene rings is 4. The average molecular weight is 861 g/mol. The van der Waals surface area contributed by atoms with Crippen LogP contribution in [0.25, 0.3) is 22.3 Å². The van der Waals surface area contributed by atoms with E-state index in [2.05, 4.69) is 145 Å². The molecule has 0 aliphatic heterocycles. The molecule has 4 nitrogen and oxygen atoms in total. The first-order valence-corrected chi connectivity index (χ1v) is 24.0. The summed E-state index contributed by atoms with van der Waals surface area (Å²) in [5.41, 5.74) is 12.1. The van der Waals surface area contributed by atoms with E-state index in [0.717, 1.165) is 68.3 Å². The molecule has 0 atom stereocenters. The molecule has 61 heavy (non-hydrogen) atoms. The van der Waals surface area contributed by atoms with Gasteiger partial charge in [-0.15, -0.1) is 0 Å². The maximum atomic E-state index is 6.69. The minimum absolute atomic E-state index is 0.718. The Bertz CT molecular complexity index is 1940. The first-order chi connectivity index (χ1) is 29.8. The molecule has 0 N–H and O–H groups in total. The second kappa shape index (κ2) is 29.1. The summed E-state index contributed by atoms with van der Waals surface area (Å²) in [6.07, 6.45) is 28.5. The third-order valence-corrected chi connectivity index (χ3v) is 11.4. The Labute approximate surface area is 379 Å². The zero-order valence-corrected chi connectivity index (χ0v) is 39.5. The fourth-order valence-electron chi connectivity index (χ4n) is 8.01. The van der Waals surface area contributed by atoms with Crippen LogP contribution in [0.4, 0.5) is 11.4 Å². The number of aliphatic imine (C=N–C) groups is 2. The van der Waals surface area contributed by atoms with Gasteiger partial charge < -0.3 is 4.74 Å². The van der Waals surface area contributed by atoms with Gasteiger partial charge in [0.2, 0.25) is 0 Å². The fraction of sp³-hybridized carbons (Fsp3) is 0.446. The molecular weight excluding hydrogens is 786 g/mol. The van der Waals surface area contributed by atoms with Gasteiger partial charge in [-0.2, -0.15) is 0 Å². The molecule has 0 saturated heterocycles. The SMILES string of the molecule is CCCCCCCCCCCCCCCCCCCCOc1c(-c2ccccc2)cc(N=C(C)c2cccnc2)cc1-c1ccccc1.C[C]([Fe])=Nc1c(C)cc(C)cc1C. The first-order valence-electron chi connectivity index (χ1n) is 23.4. The van der Waals surface area contributed by atoms with E-state index in [-0.39, 0.29) is 0 Å². The maximum absolute atomic E-state index is 6.69. The molecule has 0 fully saturated rings. The van der Waals surface area contributed by atoms with Crippen LogP contribution in [-0.4, -0.2) is 21.9 Å². The van der Waals surface area contributed by atoms with Gasteiger partial charge >= 0.3 is 87.8 Å². The molecule has 5 aromatic rings. The van der Waals surface area contributed by atoms with Gasteiger partial charge in [0.1, 0.15) is 5.75 Å². The zero-order valence-electron chi connectivity index (χ0n) is 38.4. The van der Waals surface area contributed by atoms with E-state index in [1.54, 1.807) is 6.20 Å². The summed E-state index contributed by atoms with van der Waals surface area (Å²) in [7, 11) is 0. The van der Waals surface area contributed by atoms with Crippen LogP contribution in [0.1, 0.15) is 159 Å². The molecule has 0 spiro atoms. The van der Waals surface area contributed by atoms with E-state index in [4.69, 9.17) is 9.73 Å². The molecule has 327 valence electrons. The average Bonchev–Trinajstić information content (AvgIpc) is 3.27. The summed E-state index contributed by atoms with van der Waals surface area (Å²) in [5, 5.41) is 0. The van der Waals surface area contributed by atoms with Crippen molar-refractivity contribution in [3.63, 3.8) is 0 Å². The summed E-state index contributed by atoms with van der Waals surface area (Å²) in [6, 6.07) is 33.8. The minimum atomic E-state index is 0.718. The predicted octanol–water partition coefficient (Wildman–Crippen LogP) is 17.2. The molecule has 0 amide bonds. The van der Waals surface area contributed by atoms with E-state index < -0.39 is 0 Å². The second-order valence-corrected chi connectivity index (χ2v) is 17.5. The van der Waals surface area contributed by atoms with Crippen molar-refractivity contribution in [3.05, 3.63) is 132 Å². The van der Waals surface area contributed by atoms with E-state index in [0.29, 0.717) is 0 Å². The number of hydrogen-bond donors (Lipinski definition) is 0. The van der Waals surface area contributed by atoms with Gasteiger partial charge in [0, 0.05) is 34.8 Å². The molecule has 0 saturated carbocycles. The summed E-state index contributed by atoms with van der Waals surface area (Å²) in [6.45, 7) is 13.2. The number of ether oxygens (including phenoxy) is 1. The molecule has 4 aromatic carbocycles. The summed E-state index contributed by atoms with van der Waals surface area (Å²) in [4.78, 5) is 13.7. The van der Waals surface area contributed by atoms with Crippen LogP contribution in [0.3, 0.4) is 0 Å². The van der Waals surface area contributed by atoms with Crippen LogP contribution < -0.4 is 4.74 Å². The van der Waals surface area contributed by atoms with Crippen molar-refractivity contribution in [1.29, 1.82) is 0 Å². The Kier molecular flexibility index (Phi) is 23.5. The van der Waals surface area contributed by atoms with E-state index >= 15 is 0 Å². The fourth-order valence-corrected chi connectivity index (χ4v) is 8.13. The van der Waals surface area contributed by atoms with E-state index in [9.17, 15) is 0 Å². The Morgan fingerprint density at radius 3 is 1.44 bits per heavy atom. The molecule has 5 rings (SSSR count). The molecule has 5 heteroatoms. The van der Waals surface area contributed by atoms with Gasteiger partial charge in [0.05, 0.1) is 12.3 Å². The van der Waals surface area contributed by atoms with Gasteiger partial charge in [0.15, 0.2) is 0 Å².